The third kappa shape index (κ3) is 3.33. The van der Waals surface area contributed by atoms with Crippen LogP contribution in [0.2, 0.25) is 0 Å². The van der Waals surface area contributed by atoms with Crippen molar-refractivity contribution in [2.24, 2.45) is 0 Å². The van der Waals surface area contributed by atoms with Crippen LogP contribution in [0, 0.1) is 0 Å². The van der Waals surface area contributed by atoms with Crippen LogP contribution in [0.4, 0.5) is 0 Å². The summed E-state index contributed by atoms with van der Waals surface area (Å²) < 4.78 is 5.29. The Morgan fingerprint density at radius 1 is 1.25 bits per heavy atom. The maximum Gasteiger partial charge on any atom is 0.159 e. The van der Waals surface area contributed by atoms with Crippen molar-refractivity contribution in [3.8, 4) is 11.5 Å². The van der Waals surface area contributed by atoms with E-state index in [-0.39, 0.29) is 11.5 Å². The molecule has 0 fully saturated rings. The van der Waals surface area contributed by atoms with Crippen molar-refractivity contribution in [1.82, 2.24) is 0 Å². The maximum atomic E-state index is 11.4. The molecule has 0 bridgehead atoms. The van der Waals surface area contributed by atoms with Gasteiger partial charge in [0.15, 0.2) is 5.78 Å². The zero-order valence-corrected chi connectivity index (χ0v) is 12.2. The van der Waals surface area contributed by atoms with Crippen molar-refractivity contribution < 1.29 is 14.6 Å². The van der Waals surface area contributed by atoms with Gasteiger partial charge in [0.25, 0.3) is 0 Å². The first-order valence-electron chi connectivity index (χ1n) is 6.20. The molecule has 0 saturated heterocycles. The van der Waals surface area contributed by atoms with Gasteiger partial charge in [0.1, 0.15) is 11.5 Å². The monoisotopic (exact) mass is 288 g/mol. The van der Waals surface area contributed by atoms with Gasteiger partial charge < -0.3 is 9.84 Å². The minimum atomic E-state index is -0.00598. The average Bonchev–Trinajstić information content (AvgIpc) is 2.46. The fourth-order valence-corrected chi connectivity index (χ4v) is 2.82. The molecule has 1 N–H and O–H groups in total. The molecule has 0 heterocycles. The molecule has 0 unspecified atom stereocenters. The van der Waals surface area contributed by atoms with Crippen molar-refractivity contribution in [2.75, 3.05) is 7.11 Å². The van der Waals surface area contributed by atoms with E-state index in [1.165, 1.54) is 6.92 Å². The number of thioether (sulfide) groups is 1. The van der Waals surface area contributed by atoms with Crippen LogP contribution in [0.15, 0.2) is 47.4 Å². The number of hydrogen-bond acceptors (Lipinski definition) is 4. The molecule has 0 aromatic heterocycles. The molecule has 2 aromatic rings. The molecule has 104 valence electrons. The van der Waals surface area contributed by atoms with Crippen LogP contribution < -0.4 is 4.74 Å². The lowest BCUT2D eigenvalue weighted by atomic mass is 10.1. The Bertz CT molecular complexity index is 623. The first-order chi connectivity index (χ1) is 9.61. The predicted molar refractivity (Wildman–Crippen MR) is 80.7 cm³/mol. The van der Waals surface area contributed by atoms with Crippen LogP contribution in [0.5, 0.6) is 11.5 Å². The Hall–Kier alpha value is -1.94. The maximum absolute atomic E-state index is 11.4. The van der Waals surface area contributed by atoms with Gasteiger partial charge in [-0.05, 0) is 37.3 Å². The number of benzene rings is 2. The summed E-state index contributed by atoms with van der Waals surface area (Å²) >= 11 is 1.56. The second-order valence-electron chi connectivity index (χ2n) is 4.34. The number of ether oxygens (including phenoxy) is 1. The van der Waals surface area contributed by atoms with Crippen LogP contribution in [-0.4, -0.2) is 18.0 Å². The van der Waals surface area contributed by atoms with Crippen molar-refractivity contribution in [3.05, 3.63) is 53.6 Å². The number of hydrogen-bond donors (Lipinski definition) is 1. The highest BCUT2D eigenvalue weighted by atomic mass is 32.2. The molecule has 0 radical (unpaired) electrons. The van der Waals surface area contributed by atoms with Crippen LogP contribution in [0.3, 0.4) is 0 Å². The smallest absolute Gasteiger partial charge is 0.159 e. The molecule has 0 spiro atoms. The molecule has 0 aliphatic heterocycles. The number of ketones is 1. The molecule has 0 aliphatic carbocycles. The largest absolute Gasteiger partial charge is 0.508 e. The Labute approximate surface area is 122 Å². The molecule has 0 amide bonds. The van der Waals surface area contributed by atoms with E-state index in [0.29, 0.717) is 11.3 Å². The minimum absolute atomic E-state index is 0.00598. The SMILES string of the molecule is COc1ccccc1SCc1cc(C(C)=O)ccc1O. The number of methoxy groups -OCH3 is 1. The second kappa shape index (κ2) is 6.48. The topological polar surface area (TPSA) is 46.5 Å². The van der Waals surface area contributed by atoms with Gasteiger partial charge in [0.05, 0.1) is 7.11 Å². The van der Waals surface area contributed by atoms with E-state index in [1.54, 1.807) is 37.1 Å². The van der Waals surface area contributed by atoms with Gasteiger partial charge in [-0.1, -0.05) is 12.1 Å². The van der Waals surface area contributed by atoms with Gasteiger partial charge in [0.2, 0.25) is 0 Å². The Morgan fingerprint density at radius 3 is 2.70 bits per heavy atom. The standard InChI is InChI=1S/C16H16O3S/c1-11(17)12-7-8-14(18)13(9-12)10-20-16-6-4-3-5-15(16)19-2/h3-9,18H,10H2,1-2H3. The molecule has 0 saturated carbocycles. The number of rotatable bonds is 5. The quantitative estimate of drug-likeness (QED) is 0.669. The van der Waals surface area contributed by atoms with E-state index in [9.17, 15) is 9.90 Å². The number of para-hydroxylation sites is 1. The molecular weight excluding hydrogens is 272 g/mol. The molecular formula is C16H16O3S. The zero-order valence-electron chi connectivity index (χ0n) is 11.4. The number of aromatic hydroxyl groups is 1. The summed E-state index contributed by atoms with van der Waals surface area (Å²) in [6.07, 6.45) is 0. The third-order valence-electron chi connectivity index (χ3n) is 2.94. The predicted octanol–water partition coefficient (Wildman–Crippen LogP) is 3.90. The van der Waals surface area contributed by atoms with E-state index in [4.69, 9.17) is 4.74 Å². The van der Waals surface area contributed by atoms with Crippen molar-refractivity contribution in [1.29, 1.82) is 0 Å². The summed E-state index contributed by atoms with van der Waals surface area (Å²) in [5.74, 6) is 1.58. The summed E-state index contributed by atoms with van der Waals surface area (Å²) in [7, 11) is 1.63. The van der Waals surface area contributed by atoms with E-state index in [0.717, 1.165) is 16.2 Å². The van der Waals surface area contributed by atoms with Crippen LogP contribution >= 0.6 is 11.8 Å². The van der Waals surface area contributed by atoms with Crippen molar-refractivity contribution in [2.45, 2.75) is 17.6 Å². The van der Waals surface area contributed by atoms with Gasteiger partial charge in [-0.25, -0.2) is 0 Å². The summed E-state index contributed by atoms with van der Waals surface area (Å²) in [6, 6.07) is 12.7. The summed E-state index contributed by atoms with van der Waals surface area (Å²) in [4.78, 5) is 12.4. The van der Waals surface area contributed by atoms with Crippen LogP contribution in [-0.2, 0) is 5.75 Å². The molecule has 2 rings (SSSR count). The Morgan fingerprint density at radius 2 is 2.00 bits per heavy atom. The number of phenolic OH excluding ortho intramolecular Hbond substituents is 1. The minimum Gasteiger partial charge on any atom is -0.508 e. The third-order valence-corrected chi connectivity index (χ3v) is 4.04. The first kappa shape index (κ1) is 14.5. The van der Waals surface area contributed by atoms with E-state index in [1.807, 2.05) is 24.3 Å². The molecule has 0 aliphatic rings. The van der Waals surface area contributed by atoms with E-state index >= 15 is 0 Å². The summed E-state index contributed by atoms with van der Waals surface area (Å²) in [5, 5.41) is 9.87. The fraction of sp³-hybridized carbons (Fsp3) is 0.188. The lowest BCUT2D eigenvalue weighted by Crippen LogP contribution is -1.94. The molecule has 2 aromatic carbocycles. The van der Waals surface area contributed by atoms with Gasteiger partial charge in [-0.3, -0.25) is 4.79 Å². The molecule has 3 nitrogen and oxygen atoms in total. The zero-order chi connectivity index (χ0) is 14.5. The summed E-state index contributed by atoms with van der Waals surface area (Å²) in [6.45, 7) is 1.52. The van der Waals surface area contributed by atoms with Gasteiger partial charge in [-0.15, -0.1) is 11.8 Å². The van der Waals surface area contributed by atoms with Crippen molar-refractivity contribution >= 4 is 17.5 Å². The lowest BCUT2D eigenvalue weighted by Gasteiger charge is -2.09. The Kier molecular flexibility index (Phi) is 4.69. The average molecular weight is 288 g/mol. The normalized spacial score (nSPS) is 10.3. The van der Waals surface area contributed by atoms with Crippen LogP contribution in [0.25, 0.3) is 0 Å². The lowest BCUT2D eigenvalue weighted by molar-refractivity contribution is 0.101. The van der Waals surface area contributed by atoms with Gasteiger partial charge in [-0.2, -0.15) is 0 Å². The van der Waals surface area contributed by atoms with Gasteiger partial charge in [0, 0.05) is 21.8 Å². The molecule has 0 atom stereocenters. The fourth-order valence-electron chi connectivity index (χ4n) is 1.81. The molecule has 4 heteroatoms. The van der Waals surface area contributed by atoms with E-state index < -0.39 is 0 Å². The number of phenols is 1. The summed E-state index contributed by atoms with van der Waals surface area (Å²) in [5.41, 5.74) is 1.35. The number of Topliss-reactive ketones (excluding diaryl/α,β-unsaturated/α-hetero) is 1. The number of carbonyl (C=O) groups excluding carboxylic acids is 1. The Balaban J connectivity index is 2.18. The highest BCUT2D eigenvalue weighted by Crippen LogP contribution is 2.33. The van der Waals surface area contributed by atoms with Gasteiger partial charge >= 0.3 is 0 Å². The molecule has 20 heavy (non-hydrogen) atoms. The van der Waals surface area contributed by atoms with Crippen molar-refractivity contribution in [3.63, 3.8) is 0 Å². The second-order valence-corrected chi connectivity index (χ2v) is 5.36. The highest BCUT2D eigenvalue weighted by Gasteiger charge is 2.08. The van der Waals surface area contributed by atoms with E-state index in [2.05, 4.69) is 0 Å². The number of carbonyl (C=O) groups is 1. The first-order valence-corrected chi connectivity index (χ1v) is 7.19. The van der Waals surface area contributed by atoms with Crippen LogP contribution in [0.1, 0.15) is 22.8 Å². The highest BCUT2D eigenvalue weighted by molar-refractivity contribution is 7.98.